The summed E-state index contributed by atoms with van der Waals surface area (Å²) in [6, 6.07) is 4.74. The zero-order chi connectivity index (χ0) is 40.3. The minimum Gasteiger partial charge on any atom is -0.381 e. The van der Waals surface area contributed by atoms with Crippen LogP contribution in [0.2, 0.25) is 0 Å². The van der Waals surface area contributed by atoms with Gasteiger partial charge in [-0.2, -0.15) is 0 Å². The maximum absolute atomic E-state index is 15.7. The van der Waals surface area contributed by atoms with Crippen molar-refractivity contribution in [2.24, 2.45) is 11.8 Å². The van der Waals surface area contributed by atoms with Crippen LogP contribution in [0.3, 0.4) is 0 Å². The molecule has 2 aliphatic carbocycles. The Hall–Kier alpha value is -4.63. The van der Waals surface area contributed by atoms with Gasteiger partial charge in [-0.25, -0.2) is 27.5 Å². The third-order valence-electron chi connectivity index (χ3n) is 13.4. The molecule has 4 aromatic rings. The number of fused-ring (bicyclic) bond motifs is 3. The summed E-state index contributed by atoms with van der Waals surface area (Å²) in [6.07, 6.45) is 3.46. The lowest BCUT2D eigenvalue weighted by Crippen LogP contribution is -2.63. The Morgan fingerprint density at radius 1 is 1.02 bits per heavy atom. The van der Waals surface area contributed by atoms with Crippen molar-refractivity contribution in [2.75, 3.05) is 36.5 Å². The second kappa shape index (κ2) is 13.2. The van der Waals surface area contributed by atoms with Crippen LogP contribution in [0.1, 0.15) is 94.4 Å². The first-order valence-electron chi connectivity index (χ1n) is 19.9. The SMILES string of the molecule is Cc1c(C(=O)NC2(C(F)F)CC2)cc(Nc2nc(-c3cnc4c(c3)N(C3CC(C)(N5C[C@H]6CCOC[C@H]6C5)C3)C(=O)C4(C)C)cc3ncn(C(C)C)c23)c(F)c1F. The predicted molar refractivity (Wildman–Crippen MR) is 207 cm³/mol. The lowest BCUT2D eigenvalue weighted by Gasteiger charge is -2.54. The molecular weight excluding hydrogens is 741 g/mol. The fraction of sp³-hybridized carbons (Fsp3) is 0.548. The molecule has 0 spiro atoms. The molecule has 4 fully saturated rings. The third-order valence-corrected chi connectivity index (χ3v) is 13.4. The summed E-state index contributed by atoms with van der Waals surface area (Å²) in [7, 11) is 0. The molecule has 11 nitrogen and oxygen atoms in total. The van der Waals surface area contributed by atoms with E-state index in [1.807, 2.05) is 43.2 Å². The molecular formula is C42H48F4N8O3. The largest absolute Gasteiger partial charge is 0.381 e. The van der Waals surface area contributed by atoms with Crippen molar-refractivity contribution in [3.05, 3.63) is 59.2 Å². The Bertz CT molecular complexity index is 2300. The molecule has 2 saturated heterocycles. The Balaban J connectivity index is 1.06. The number of hydrogen-bond acceptors (Lipinski definition) is 8. The summed E-state index contributed by atoms with van der Waals surface area (Å²) >= 11 is 0. The van der Waals surface area contributed by atoms with Gasteiger partial charge >= 0.3 is 0 Å². The maximum atomic E-state index is 15.7. The summed E-state index contributed by atoms with van der Waals surface area (Å²) < 4.78 is 66.2. The van der Waals surface area contributed by atoms with Gasteiger partial charge in [-0.1, -0.05) is 0 Å². The van der Waals surface area contributed by atoms with Gasteiger partial charge in [-0.15, -0.1) is 0 Å². The number of imidazole rings is 1. The van der Waals surface area contributed by atoms with E-state index >= 15 is 8.78 Å². The highest BCUT2D eigenvalue weighted by atomic mass is 19.3. The minimum atomic E-state index is -2.80. The fourth-order valence-electron chi connectivity index (χ4n) is 9.58. The van der Waals surface area contributed by atoms with Crippen LogP contribution >= 0.6 is 0 Å². The number of rotatable bonds is 9. The average molecular weight is 789 g/mol. The van der Waals surface area contributed by atoms with E-state index in [1.54, 1.807) is 18.6 Å². The zero-order valence-electron chi connectivity index (χ0n) is 33.1. The first-order valence-corrected chi connectivity index (χ1v) is 19.9. The quantitative estimate of drug-likeness (QED) is 0.168. The van der Waals surface area contributed by atoms with Crippen LogP contribution in [0.4, 0.5) is 34.8 Å². The smallest absolute Gasteiger partial charge is 0.261 e. The standard InChI is InChI=1S/C42H48F4N8O3/c1-21(2)53-20-48-30-13-28(49-36(34(30)53)50-29-12-27(22(3)32(43)33(29)44)37(55)51-42(8-9-42)38(45)46)24-11-31-35(47-16-24)40(4,5)39(56)54(31)26-14-41(6,15-26)52-17-23-7-10-57-19-25(23)18-52/h11-13,16,20-21,23,25-26,38H,7-10,14-15,17-19H2,1-6H3,(H,49,50)(H,51,55)/t23-,25-,26?,41?/m1/s1. The lowest BCUT2D eigenvalue weighted by atomic mass is 9.71. The zero-order valence-corrected chi connectivity index (χ0v) is 33.1. The van der Waals surface area contributed by atoms with Gasteiger partial charge in [0, 0.05) is 60.2 Å². The van der Waals surface area contributed by atoms with Gasteiger partial charge in [0.05, 0.1) is 46.6 Å². The molecule has 2 saturated carbocycles. The summed E-state index contributed by atoms with van der Waals surface area (Å²) in [5.41, 5.74) is -0.0631. The lowest BCUT2D eigenvalue weighted by molar-refractivity contribution is -0.123. The number of nitrogens with one attached hydrogen (secondary N) is 2. The number of carbonyl (C=O) groups excluding carboxylic acids is 2. The Labute approximate surface area is 328 Å². The number of anilines is 3. The number of halogens is 4. The van der Waals surface area contributed by atoms with Crippen molar-refractivity contribution >= 4 is 40.0 Å². The van der Waals surface area contributed by atoms with Crippen LogP contribution in [-0.4, -0.2) is 86.1 Å². The topological polar surface area (TPSA) is 118 Å². The van der Waals surface area contributed by atoms with E-state index in [1.165, 1.54) is 6.92 Å². The van der Waals surface area contributed by atoms with E-state index in [-0.39, 0.29) is 53.3 Å². The molecule has 2 amide bonds. The molecule has 5 aliphatic rings. The van der Waals surface area contributed by atoms with E-state index < -0.39 is 40.6 Å². The normalized spacial score (nSPS) is 26.2. The van der Waals surface area contributed by atoms with Crippen molar-refractivity contribution in [3.63, 3.8) is 0 Å². The van der Waals surface area contributed by atoms with Crippen LogP contribution in [-0.2, 0) is 14.9 Å². The monoisotopic (exact) mass is 788 g/mol. The highest BCUT2D eigenvalue weighted by molar-refractivity contribution is 6.08. The second-order valence-corrected chi connectivity index (χ2v) is 18.0. The molecule has 0 unspecified atom stereocenters. The van der Waals surface area contributed by atoms with Crippen molar-refractivity contribution < 1.29 is 31.9 Å². The van der Waals surface area contributed by atoms with Gasteiger partial charge in [0.2, 0.25) is 5.91 Å². The molecule has 302 valence electrons. The molecule has 6 heterocycles. The number of alkyl halides is 2. The molecule has 0 radical (unpaired) electrons. The Morgan fingerprint density at radius 3 is 2.44 bits per heavy atom. The summed E-state index contributed by atoms with van der Waals surface area (Å²) in [6.45, 7) is 14.9. The molecule has 2 atom stereocenters. The highest BCUT2D eigenvalue weighted by Crippen LogP contribution is 2.51. The van der Waals surface area contributed by atoms with E-state index in [2.05, 4.69) is 27.4 Å². The van der Waals surface area contributed by atoms with Crippen LogP contribution in [0.15, 0.2) is 30.7 Å². The first-order chi connectivity index (χ1) is 27.0. The number of likely N-dealkylation sites (tertiary alicyclic amines) is 1. The molecule has 2 N–H and O–H groups in total. The molecule has 0 bridgehead atoms. The van der Waals surface area contributed by atoms with Crippen molar-refractivity contribution in [3.8, 4) is 11.3 Å². The maximum Gasteiger partial charge on any atom is 0.261 e. The first kappa shape index (κ1) is 37.9. The van der Waals surface area contributed by atoms with E-state index in [4.69, 9.17) is 14.7 Å². The van der Waals surface area contributed by atoms with Crippen LogP contribution in [0, 0.1) is 30.4 Å². The molecule has 15 heteroatoms. The molecule has 3 aliphatic heterocycles. The molecule has 3 aromatic heterocycles. The summed E-state index contributed by atoms with van der Waals surface area (Å²) in [5.74, 6) is -2.11. The van der Waals surface area contributed by atoms with E-state index in [0.29, 0.717) is 39.8 Å². The number of carbonyl (C=O) groups is 2. The number of nitrogens with zero attached hydrogens (tertiary/aromatic N) is 6. The van der Waals surface area contributed by atoms with Gasteiger partial charge in [0.25, 0.3) is 12.3 Å². The summed E-state index contributed by atoms with van der Waals surface area (Å²) in [5, 5.41) is 5.27. The van der Waals surface area contributed by atoms with E-state index in [0.717, 1.165) is 57.3 Å². The van der Waals surface area contributed by atoms with Gasteiger partial charge in [-0.3, -0.25) is 19.5 Å². The molecule has 57 heavy (non-hydrogen) atoms. The number of aromatic nitrogens is 4. The van der Waals surface area contributed by atoms with Crippen molar-refractivity contribution in [2.45, 2.75) is 109 Å². The fourth-order valence-corrected chi connectivity index (χ4v) is 9.58. The van der Waals surface area contributed by atoms with E-state index in [9.17, 15) is 18.4 Å². The van der Waals surface area contributed by atoms with Crippen molar-refractivity contribution in [1.29, 1.82) is 0 Å². The number of amides is 2. The van der Waals surface area contributed by atoms with Crippen LogP contribution in [0.5, 0.6) is 0 Å². The predicted octanol–water partition coefficient (Wildman–Crippen LogP) is 7.45. The van der Waals surface area contributed by atoms with Gasteiger partial charge < -0.3 is 24.8 Å². The number of benzene rings is 1. The Kier molecular flexibility index (Phi) is 8.78. The minimum absolute atomic E-state index is 0.00277. The van der Waals surface area contributed by atoms with Gasteiger partial charge in [0.1, 0.15) is 11.1 Å². The highest BCUT2D eigenvalue weighted by Gasteiger charge is 2.56. The molecule has 1 aromatic carbocycles. The van der Waals surface area contributed by atoms with Gasteiger partial charge in [-0.05, 0) is 104 Å². The second-order valence-electron chi connectivity index (χ2n) is 18.0. The van der Waals surface area contributed by atoms with Gasteiger partial charge in [0.15, 0.2) is 17.5 Å². The average Bonchev–Trinajstić information content (AvgIpc) is 3.52. The number of ether oxygens (including phenoxy) is 1. The van der Waals surface area contributed by atoms with Crippen LogP contribution < -0.4 is 15.5 Å². The van der Waals surface area contributed by atoms with Crippen molar-refractivity contribution in [1.82, 2.24) is 29.7 Å². The third kappa shape index (κ3) is 6.01. The van der Waals surface area contributed by atoms with Crippen LogP contribution in [0.25, 0.3) is 22.3 Å². The number of hydrogen-bond donors (Lipinski definition) is 2. The molecule has 9 rings (SSSR count). The Morgan fingerprint density at radius 2 is 1.75 bits per heavy atom. The number of pyridine rings is 2. The summed E-state index contributed by atoms with van der Waals surface area (Å²) in [4.78, 5) is 46.3.